The molecule has 0 aromatic heterocycles. The molecular formula is C10H11N3O3. The van der Waals surface area contributed by atoms with Gasteiger partial charge in [0.15, 0.2) is 0 Å². The third kappa shape index (κ3) is 1.58. The highest BCUT2D eigenvalue weighted by Gasteiger charge is 2.35. The summed E-state index contributed by atoms with van der Waals surface area (Å²) < 4.78 is 0. The summed E-state index contributed by atoms with van der Waals surface area (Å²) in [6.07, 6.45) is -1.41. The number of carbonyl (C=O) groups excluding carboxylic acids is 1. The van der Waals surface area contributed by atoms with E-state index in [4.69, 9.17) is 0 Å². The van der Waals surface area contributed by atoms with E-state index in [9.17, 15) is 14.9 Å². The Morgan fingerprint density at radius 3 is 2.69 bits per heavy atom. The second kappa shape index (κ2) is 3.48. The molecule has 1 heterocycles. The highest BCUT2D eigenvalue weighted by molar-refractivity contribution is 6.02. The summed E-state index contributed by atoms with van der Waals surface area (Å²) in [6.45, 7) is 3.74. The van der Waals surface area contributed by atoms with Gasteiger partial charge in [-0.05, 0) is 31.0 Å². The number of rotatable bonds is 1. The van der Waals surface area contributed by atoms with Gasteiger partial charge in [0.1, 0.15) is 0 Å². The van der Waals surface area contributed by atoms with E-state index in [1.165, 1.54) is 0 Å². The van der Waals surface area contributed by atoms with Crippen LogP contribution in [0.1, 0.15) is 11.1 Å². The number of aryl methyl sites for hydroxylation is 2. The molecule has 1 atom stereocenters. The van der Waals surface area contributed by atoms with Crippen LogP contribution in [0.25, 0.3) is 0 Å². The third-order valence-corrected chi connectivity index (χ3v) is 2.48. The lowest BCUT2D eigenvalue weighted by atomic mass is 10.1. The van der Waals surface area contributed by atoms with Gasteiger partial charge in [-0.1, -0.05) is 6.07 Å². The number of amides is 1. The van der Waals surface area contributed by atoms with Crippen LogP contribution in [0.3, 0.4) is 0 Å². The Labute approximate surface area is 91.8 Å². The molecule has 6 nitrogen and oxygen atoms in total. The zero-order valence-electron chi connectivity index (χ0n) is 8.90. The van der Waals surface area contributed by atoms with Crippen molar-refractivity contribution in [2.24, 2.45) is 0 Å². The summed E-state index contributed by atoms with van der Waals surface area (Å²) in [4.78, 5) is 21.4. The maximum Gasteiger partial charge on any atom is 0.363 e. The SMILES string of the molecule is Cc1cc(C)c2c(c1)NC(=O)C([N+](=O)[O-])N2. The molecule has 2 N–H and O–H groups in total. The van der Waals surface area contributed by atoms with Gasteiger partial charge in [0.05, 0.1) is 16.3 Å². The average molecular weight is 221 g/mol. The van der Waals surface area contributed by atoms with E-state index in [1.807, 2.05) is 19.9 Å². The quantitative estimate of drug-likeness (QED) is 0.552. The Balaban J connectivity index is 2.47. The second-order valence-corrected chi connectivity index (χ2v) is 3.83. The zero-order valence-corrected chi connectivity index (χ0v) is 8.90. The number of nitrogens with one attached hydrogen (secondary N) is 2. The van der Waals surface area contributed by atoms with Crippen molar-refractivity contribution in [3.63, 3.8) is 0 Å². The predicted octanol–water partition coefficient (Wildman–Crippen LogP) is 1.27. The molecule has 84 valence electrons. The number of benzene rings is 1. The molecule has 0 fully saturated rings. The number of nitro groups is 1. The lowest BCUT2D eigenvalue weighted by molar-refractivity contribution is -0.500. The first-order valence-corrected chi connectivity index (χ1v) is 4.81. The molecule has 0 spiro atoms. The smallest absolute Gasteiger partial charge is 0.316 e. The van der Waals surface area contributed by atoms with Crippen molar-refractivity contribution in [1.29, 1.82) is 0 Å². The van der Waals surface area contributed by atoms with Crippen LogP contribution in [0, 0.1) is 24.0 Å². The standard InChI is InChI=1S/C10H11N3O3/c1-5-3-6(2)8-7(4-5)11-10(14)9(12-8)13(15)16/h3-4,9,12H,1-2H3,(H,11,14). The normalized spacial score (nSPS) is 18.4. The molecule has 1 aromatic carbocycles. The molecule has 1 aromatic rings. The van der Waals surface area contributed by atoms with Crippen LogP contribution in [-0.4, -0.2) is 17.0 Å². The van der Waals surface area contributed by atoms with Gasteiger partial charge in [-0.25, -0.2) is 0 Å². The number of hydrogen-bond donors (Lipinski definition) is 2. The van der Waals surface area contributed by atoms with Crippen molar-refractivity contribution in [1.82, 2.24) is 0 Å². The first-order chi connectivity index (χ1) is 7.49. The minimum atomic E-state index is -1.41. The predicted molar refractivity (Wildman–Crippen MR) is 59.0 cm³/mol. The van der Waals surface area contributed by atoms with Crippen molar-refractivity contribution >= 4 is 17.3 Å². The molecule has 0 saturated heterocycles. The van der Waals surface area contributed by atoms with E-state index < -0.39 is 17.0 Å². The average Bonchev–Trinajstić information content (AvgIpc) is 2.15. The summed E-state index contributed by atoms with van der Waals surface area (Å²) in [5, 5.41) is 15.8. The van der Waals surface area contributed by atoms with E-state index in [2.05, 4.69) is 10.6 Å². The molecule has 1 amide bonds. The zero-order chi connectivity index (χ0) is 11.9. The van der Waals surface area contributed by atoms with Crippen LogP contribution in [0.4, 0.5) is 11.4 Å². The van der Waals surface area contributed by atoms with Crippen molar-refractivity contribution in [3.05, 3.63) is 33.4 Å². The Bertz CT molecular complexity index is 484. The van der Waals surface area contributed by atoms with Crippen molar-refractivity contribution in [2.45, 2.75) is 20.0 Å². The molecule has 16 heavy (non-hydrogen) atoms. The topological polar surface area (TPSA) is 84.3 Å². The van der Waals surface area contributed by atoms with E-state index >= 15 is 0 Å². The van der Waals surface area contributed by atoms with Gasteiger partial charge in [0, 0.05) is 0 Å². The highest BCUT2D eigenvalue weighted by atomic mass is 16.6. The van der Waals surface area contributed by atoms with Gasteiger partial charge in [-0.2, -0.15) is 0 Å². The Hall–Kier alpha value is -2.11. The lowest BCUT2D eigenvalue weighted by Crippen LogP contribution is -2.44. The van der Waals surface area contributed by atoms with Gasteiger partial charge in [0.25, 0.3) is 0 Å². The lowest BCUT2D eigenvalue weighted by Gasteiger charge is -2.23. The Morgan fingerprint density at radius 1 is 1.38 bits per heavy atom. The van der Waals surface area contributed by atoms with E-state index in [0.29, 0.717) is 11.4 Å². The fraction of sp³-hybridized carbons (Fsp3) is 0.300. The fourth-order valence-electron chi connectivity index (χ4n) is 1.81. The van der Waals surface area contributed by atoms with E-state index in [0.717, 1.165) is 11.1 Å². The highest BCUT2D eigenvalue weighted by Crippen LogP contribution is 2.31. The first kappa shape index (κ1) is 10.4. The van der Waals surface area contributed by atoms with Gasteiger partial charge < -0.3 is 10.6 Å². The molecule has 1 aliphatic rings. The molecule has 1 unspecified atom stereocenters. The Morgan fingerprint density at radius 2 is 2.06 bits per heavy atom. The number of fused-ring (bicyclic) bond motifs is 1. The molecule has 0 aliphatic carbocycles. The van der Waals surface area contributed by atoms with Crippen molar-refractivity contribution in [3.8, 4) is 0 Å². The van der Waals surface area contributed by atoms with Crippen molar-refractivity contribution < 1.29 is 9.72 Å². The molecule has 2 rings (SSSR count). The number of nitrogens with zero attached hydrogens (tertiary/aromatic N) is 1. The third-order valence-electron chi connectivity index (χ3n) is 2.48. The van der Waals surface area contributed by atoms with Crippen molar-refractivity contribution in [2.75, 3.05) is 10.6 Å². The summed E-state index contributed by atoms with van der Waals surface area (Å²) >= 11 is 0. The largest absolute Gasteiger partial charge is 0.363 e. The van der Waals surface area contributed by atoms with Crippen LogP contribution < -0.4 is 10.6 Å². The monoisotopic (exact) mass is 221 g/mol. The molecular weight excluding hydrogens is 210 g/mol. The number of hydrogen-bond acceptors (Lipinski definition) is 4. The maximum atomic E-state index is 11.4. The second-order valence-electron chi connectivity index (χ2n) is 3.83. The van der Waals surface area contributed by atoms with Crippen LogP contribution in [-0.2, 0) is 4.79 Å². The molecule has 0 saturated carbocycles. The Kier molecular flexibility index (Phi) is 2.26. The van der Waals surface area contributed by atoms with Crippen LogP contribution >= 0.6 is 0 Å². The minimum Gasteiger partial charge on any atom is -0.316 e. The summed E-state index contributed by atoms with van der Waals surface area (Å²) in [7, 11) is 0. The molecule has 1 aliphatic heterocycles. The number of anilines is 2. The van der Waals surface area contributed by atoms with E-state index in [-0.39, 0.29) is 0 Å². The van der Waals surface area contributed by atoms with E-state index in [1.54, 1.807) is 6.07 Å². The van der Waals surface area contributed by atoms with Gasteiger partial charge in [-0.3, -0.25) is 14.9 Å². The molecule has 0 bridgehead atoms. The van der Waals surface area contributed by atoms with Gasteiger partial charge >= 0.3 is 12.1 Å². The fourth-order valence-corrected chi connectivity index (χ4v) is 1.81. The molecule has 6 heteroatoms. The van der Waals surface area contributed by atoms with Gasteiger partial charge in [0.2, 0.25) is 0 Å². The van der Waals surface area contributed by atoms with Crippen LogP contribution in [0.2, 0.25) is 0 Å². The van der Waals surface area contributed by atoms with Gasteiger partial charge in [-0.15, -0.1) is 0 Å². The summed E-state index contributed by atoms with van der Waals surface area (Å²) in [5.41, 5.74) is 3.09. The van der Waals surface area contributed by atoms with Crippen LogP contribution in [0.5, 0.6) is 0 Å². The summed E-state index contributed by atoms with van der Waals surface area (Å²) in [5.74, 6) is -0.637. The first-order valence-electron chi connectivity index (χ1n) is 4.81. The summed E-state index contributed by atoms with van der Waals surface area (Å²) in [6, 6.07) is 3.68. The number of carbonyl (C=O) groups is 1. The molecule has 0 radical (unpaired) electrons. The van der Waals surface area contributed by atoms with Crippen LogP contribution in [0.15, 0.2) is 12.1 Å². The minimum absolute atomic E-state index is 0.598. The maximum absolute atomic E-state index is 11.4.